The van der Waals surface area contributed by atoms with E-state index in [9.17, 15) is 0 Å². The number of benzene rings is 5. The van der Waals surface area contributed by atoms with Gasteiger partial charge in [0.05, 0.1) is 17.0 Å². The number of hydrogen-bond acceptors (Lipinski definition) is 2. The molecule has 5 aromatic carbocycles. The monoisotopic (exact) mass is 521 g/mol. The van der Waals surface area contributed by atoms with Crippen molar-refractivity contribution in [2.45, 2.75) is 12.0 Å². The van der Waals surface area contributed by atoms with Crippen LogP contribution in [0.2, 0.25) is 0 Å². The number of halogens is 1. The maximum absolute atomic E-state index is 6.61. The van der Waals surface area contributed by atoms with Crippen molar-refractivity contribution in [3.05, 3.63) is 161 Å². The molecule has 2 heterocycles. The minimum atomic E-state index is -0.416. The van der Waals surface area contributed by atoms with Crippen LogP contribution in [0.25, 0.3) is 38.3 Å². The molecule has 39 heavy (non-hydrogen) atoms. The second kappa shape index (κ2) is 8.49. The van der Waals surface area contributed by atoms with E-state index in [0.717, 1.165) is 27.9 Å². The summed E-state index contributed by atoms with van der Waals surface area (Å²) in [6.45, 7) is 0.642. The van der Waals surface area contributed by atoms with Crippen LogP contribution in [0, 0.1) is 0 Å². The average Bonchev–Trinajstić information content (AvgIpc) is 3.52. The molecule has 6 aromatic rings. The van der Waals surface area contributed by atoms with Gasteiger partial charge in [0.1, 0.15) is 11.3 Å². The molecule has 2 aliphatic rings. The summed E-state index contributed by atoms with van der Waals surface area (Å²) in [6.07, 6.45) is 1.85. The molecule has 0 saturated heterocycles. The van der Waals surface area contributed by atoms with E-state index in [2.05, 4.69) is 127 Å². The van der Waals surface area contributed by atoms with Gasteiger partial charge in [-0.15, -0.1) is 0 Å². The van der Waals surface area contributed by atoms with Crippen molar-refractivity contribution in [2.75, 3.05) is 0 Å². The molecular weight excluding hydrogens is 498 g/mol. The molecule has 0 atom stereocenters. The van der Waals surface area contributed by atoms with E-state index >= 15 is 0 Å². The Morgan fingerprint density at radius 2 is 1.28 bits per heavy atom. The first-order valence-corrected chi connectivity index (χ1v) is 13.6. The maximum Gasteiger partial charge on any atom is 0.135 e. The molecule has 1 aliphatic carbocycles. The highest BCUT2D eigenvalue weighted by atomic mass is 35.5. The Labute approximate surface area is 232 Å². The van der Waals surface area contributed by atoms with Gasteiger partial charge in [-0.1, -0.05) is 115 Å². The lowest BCUT2D eigenvalue weighted by molar-refractivity contribution is 0.532. The van der Waals surface area contributed by atoms with Crippen molar-refractivity contribution in [3.63, 3.8) is 0 Å². The molecule has 1 aliphatic heterocycles. The Hall–Kier alpha value is -4.53. The predicted molar refractivity (Wildman–Crippen MR) is 160 cm³/mol. The lowest BCUT2D eigenvalue weighted by Gasteiger charge is -2.34. The van der Waals surface area contributed by atoms with E-state index in [0.29, 0.717) is 11.6 Å². The van der Waals surface area contributed by atoms with Crippen LogP contribution in [0.5, 0.6) is 0 Å². The molecule has 2 nitrogen and oxygen atoms in total. The molecule has 0 saturated carbocycles. The van der Waals surface area contributed by atoms with Gasteiger partial charge in [-0.3, -0.25) is 0 Å². The molecule has 8 rings (SSSR count). The lowest BCUT2D eigenvalue weighted by Crippen LogP contribution is -2.28. The van der Waals surface area contributed by atoms with Gasteiger partial charge in [-0.25, -0.2) is 0 Å². The zero-order valence-corrected chi connectivity index (χ0v) is 21.9. The van der Waals surface area contributed by atoms with Crippen molar-refractivity contribution in [1.29, 1.82) is 0 Å². The largest absolute Gasteiger partial charge is 0.458 e. The summed E-state index contributed by atoms with van der Waals surface area (Å²) in [4.78, 5) is 0. The van der Waals surface area contributed by atoms with Crippen LogP contribution in [0.4, 0.5) is 0 Å². The van der Waals surface area contributed by atoms with E-state index in [1.807, 2.05) is 6.20 Å². The fourth-order valence-corrected chi connectivity index (χ4v) is 6.93. The van der Waals surface area contributed by atoms with Gasteiger partial charge < -0.3 is 9.73 Å². The SMILES string of the molecule is ClC1=CNCc2oc3ccc(-c4ccc5c(c4)C(c4ccccc4)(c4ccccc4)c4ccccc4-5)cc3c21. The summed E-state index contributed by atoms with van der Waals surface area (Å²) in [7, 11) is 0. The number of fused-ring (bicyclic) bond motifs is 6. The third kappa shape index (κ3) is 3.16. The normalized spacial score (nSPS) is 14.7. The van der Waals surface area contributed by atoms with Crippen molar-refractivity contribution in [1.82, 2.24) is 5.32 Å². The molecule has 186 valence electrons. The highest BCUT2D eigenvalue weighted by Gasteiger charge is 2.46. The Bertz CT molecular complexity index is 1880. The van der Waals surface area contributed by atoms with Crippen molar-refractivity contribution in [3.8, 4) is 22.3 Å². The second-order valence-electron chi connectivity index (χ2n) is 10.3. The Morgan fingerprint density at radius 1 is 0.641 bits per heavy atom. The summed E-state index contributed by atoms with van der Waals surface area (Å²) in [5.74, 6) is 0.881. The third-order valence-corrected chi connectivity index (χ3v) is 8.58. The van der Waals surface area contributed by atoms with Crippen LogP contribution in [0.15, 0.2) is 132 Å². The summed E-state index contributed by atoms with van der Waals surface area (Å²) >= 11 is 6.61. The highest BCUT2D eigenvalue weighted by Crippen LogP contribution is 2.56. The van der Waals surface area contributed by atoms with Crippen molar-refractivity contribution >= 4 is 27.6 Å². The second-order valence-corrected chi connectivity index (χ2v) is 10.7. The molecule has 0 bridgehead atoms. The van der Waals surface area contributed by atoms with E-state index in [1.165, 1.54) is 38.9 Å². The van der Waals surface area contributed by atoms with Crippen LogP contribution in [-0.2, 0) is 12.0 Å². The van der Waals surface area contributed by atoms with Gasteiger partial charge in [-0.05, 0) is 62.7 Å². The van der Waals surface area contributed by atoms with Gasteiger partial charge in [0.25, 0.3) is 0 Å². The zero-order valence-electron chi connectivity index (χ0n) is 21.1. The third-order valence-electron chi connectivity index (χ3n) is 8.28. The van der Waals surface area contributed by atoms with Crippen LogP contribution < -0.4 is 5.32 Å². The van der Waals surface area contributed by atoms with Crippen molar-refractivity contribution in [2.24, 2.45) is 0 Å². The van der Waals surface area contributed by atoms with Gasteiger partial charge in [0, 0.05) is 17.1 Å². The van der Waals surface area contributed by atoms with E-state index < -0.39 is 5.41 Å². The molecular formula is C36H24ClNO. The number of rotatable bonds is 3. The van der Waals surface area contributed by atoms with Crippen LogP contribution in [0.1, 0.15) is 33.6 Å². The van der Waals surface area contributed by atoms with Gasteiger partial charge in [0.15, 0.2) is 0 Å². The Balaban J connectivity index is 1.41. The van der Waals surface area contributed by atoms with Crippen molar-refractivity contribution < 1.29 is 4.42 Å². The molecule has 0 spiro atoms. The van der Waals surface area contributed by atoms with Crippen LogP contribution >= 0.6 is 11.6 Å². The van der Waals surface area contributed by atoms with Crippen LogP contribution in [-0.4, -0.2) is 0 Å². The minimum absolute atomic E-state index is 0.416. The first-order valence-electron chi connectivity index (χ1n) is 13.3. The first kappa shape index (κ1) is 22.5. The quantitative estimate of drug-likeness (QED) is 0.251. The van der Waals surface area contributed by atoms with Gasteiger partial charge in [0.2, 0.25) is 0 Å². The summed E-state index contributed by atoms with van der Waals surface area (Å²) in [6, 6.07) is 44.0. The Morgan fingerprint density at radius 3 is 2.05 bits per heavy atom. The number of hydrogen-bond donors (Lipinski definition) is 1. The predicted octanol–water partition coefficient (Wildman–Crippen LogP) is 9.10. The molecule has 0 amide bonds. The fraction of sp³-hybridized carbons (Fsp3) is 0.0556. The average molecular weight is 522 g/mol. The minimum Gasteiger partial charge on any atom is -0.458 e. The maximum atomic E-state index is 6.61. The van der Waals surface area contributed by atoms with Gasteiger partial charge in [-0.2, -0.15) is 0 Å². The highest BCUT2D eigenvalue weighted by molar-refractivity contribution is 6.50. The summed E-state index contributed by atoms with van der Waals surface area (Å²) in [5.41, 5.74) is 11.5. The standard InChI is InChI=1S/C36H24ClNO/c37-32-21-38-22-34-35(32)29-19-23(16-18-33(29)39-34)24-15-17-28-27-13-7-8-14-30(27)36(31(28)20-24,25-9-3-1-4-10-25)26-11-5-2-6-12-26/h1-21,38H,22H2. The smallest absolute Gasteiger partial charge is 0.135 e. The first-order chi connectivity index (χ1) is 19.2. The van der Waals surface area contributed by atoms with E-state index in [1.54, 1.807) is 0 Å². The fourth-order valence-electron chi connectivity index (χ4n) is 6.64. The van der Waals surface area contributed by atoms with Gasteiger partial charge >= 0.3 is 0 Å². The zero-order chi connectivity index (χ0) is 26.0. The Kier molecular flexibility index (Phi) is 4.89. The molecule has 3 heteroatoms. The number of nitrogens with one attached hydrogen (secondary N) is 1. The molecule has 0 radical (unpaired) electrons. The molecule has 0 fully saturated rings. The molecule has 1 aromatic heterocycles. The van der Waals surface area contributed by atoms with Crippen LogP contribution in [0.3, 0.4) is 0 Å². The molecule has 1 N–H and O–H groups in total. The summed E-state index contributed by atoms with van der Waals surface area (Å²) < 4.78 is 6.13. The summed E-state index contributed by atoms with van der Waals surface area (Å²) in [5, 5.41) is 4.92. The topological polar surface area (TPSA) is 25.2 Å². The lowest BCUT2D eigenvalue weighted by atomic mass is 9.67. The number of furan rings is 1. The van der Waals surface area contributed by atoms with E-state index in [-0.39, 0.29) is 0 Å². The van der Waals surface area contributed by atoms with E-state index in [4.69, 9.17) is 16.0 Å². The molecule has 0 unspecified atom stereocenters.